The fourth-order valence-electron chi connectivity index (χ4n) is 2.94. The highest BCUT2D eigenvalue weighted by molar-refractivity contribution is 8.00. The third-order valence-electron chi connectivity index (χ3n) is 4.39. The molecule has 5 nitrogen and oxygen atoms in total. The number of aromatic nitrogens is 3. The molecule has 4 aromatic rings. The van der Waals surface area contributed by atoms with Gasteiger partial charge in [0.1, 0.15) is 0 Å². The molecule has 0 saturated heterocycles. The van der Waals surface area contributed by atoms with Crippen molar-refractivity contribution in [3.8, 4) is 11.3 Å². The maximum absolute atomic E-state index is 12.7. The second-order valence-corrected chi connectivity index (χ2v) is 8.45. The summed E-state index contributed by atoms with van der Waals surface area (Å²) in [6.45, 7) is 4.79. The van der Waals surface area contributed by atoms with Gasteiger partial charge in [0.25, 0.3) is 0 Å². The van der Waals surface area contributed by atoms with Crippen molar-refractivity contribution < 1.29 is 4.79 Å². The molecule has 0 aliphatic heterocycles. The molecular weight excluding hydrogens is 388 g/mol. The molecule has 0 unspecified atom stereocenters. The predicted molar refractivity (Wildman–Crippen MR) is 117 cm³/mol. The number of carbonyl (C=O) groups is 1. The summed E-state index contributed by atoms with van der Waals surface area (Å²) >= 11 is 2.90. The average Bonchev–Trinajstić information content (AvgIpc) is 3.32. The molecule has 0 fully saturated rings. The number of thiazole rings is 1. The minimum atomic E-state index is -0.286. The molecular formula is C21H20N4OS2. The second-order valence-electron chi connectivity index (χ2n) is 6.28. The van der Waals surface area contributed by atoms with E-state index in [-0.39, 0.29) is 11.2 Å². The Morgan fingerprint density at radius 2 is 1.89 bits per heavy atom. The normalized spacial score (nSPS) is 12.2. The number of aryl methyl sites for hydroxylation is 1. The highest BCUT2D eigenvalue weighted by atomic mass is 32.2. The van der Waals surface area contributed by atoms with E-state index in [4.69, 9.17) is 0 Å². The van der Waals surface area contributed by atoms with Gasteiger partial charge in [0.05, 0.1) is 22.0 Å². The van der Waals surface area contributed by atoms with Crippen LogP contribution >= 0.6 is 23.1 Å². The Bertz CT molecular complexity index is 1100. The molecule has 2 heterocycles. The first-order valence-corrected chi connectivity index (χ1v) is 10.9. The van der Waals surface area contributed by atoms with Crippen LogP contribution < -0.4 is 5.32 Å². The Hall–Kier alpha value is -2.64. The molecule has 28 heavy (non-hydrogen) atoms. The number of para-hydroxylation sites is 2. The number of rotatable bonds is 6. The Morgan fingerprint density at radius 3 is 2.68 bits per heavy atom. The molecule has 0 radical (unpaired) electrons. The van der Waals surface area contributed by atoms with E-state index in [0.717, 1.165) is 34.0 Å². The zero-order chi connectivity index (χ0) is 19.5. The van der Waals surface area contributed by atoms with Gasteiger partial charge in [0, 0.05) is 17.5 Å². The van der Waals surface area contributed by atoms with Crippen LogP contribution in [-0.2, 0) is 11.3 Å². The number of nitrogens with zero attached hydrogens (tertiary/aromatic N) is 3. The minimum absolute atomic E-state index is 0.0753. The molecule has 0 aliphatic rings. The summed E-state index contributed by atoms with van der Waals surface area (Å²) in [5.41, 5.74) is 3.95. The number of imidazole rings is 1. The third kappa shape index (κ3) is 3.81. The van der Waals surface area contributed by atoms with Crippen molar-refractivity contribution in [2.45, 2.75) is 30.8 Å². The van der Waals surface area contributed by atoms with Crippen LogP contribution in [0.25, 0.3) is 22.3 Å². The maximum Gasteiger partial charge on any atom is 0.239 e. The number of fused-ring (bicyclic) bond motifs is 1. The van der Waals surface area contributed by atoms with Gasteiger partial charge in [-0.1, -0.05) is 54.2 Å². The Morgan fingerprint density at radius 1 is 1.14 bits per heavy atom. The standard InChI is InChI=1S/C21H20N4OS2/c1-3-25-18-12-8-7-11-16(18)23-21(25)28-14(2)19(26)24-20-22-17(13-27-20)15-9-5-4-6-10-15/h4-14H,3H2,1-2H3,(H,22,24,26)/t14-/m1/s1. The van der Waals surface area contributed by atoms with Gasteiger partial charge in [-0.3, -0.25) is 4.79 Å². The van der Waals surface area contributed by atoms with Crippen LogP contribution in [0.1, 0.15) is 13.8 Å². The van der Waals surface area contributed by atoms with Crippen molar-refractivity contribution in [2.24, 2.45) is 0 Å². The first-order chi connectivity index (χ1) is 13.7. The second kappa shape index (κ2) is 8.16. The van der Waals surface area contributed by atoms with Gasteiger partial charge < -0.3 is 9.88 Å². The molecule has 1 atom stereocenters. The number of benzene rings is 2. The lowest BCUT2D eigenvalue weighted by molar-refractivity contribution is -0.115. The number of anilines is 1. The van der Waals surface area contributed by atoms with Crippen LogP contribution in [-0.4, -0.2) is 25.7 Å². The highest BCUT2D eigenvalue weighted by Crippen LogP contribution is 2.29. The van der Waals surface area contributed by atoms with Crippen LogP contribution in [0.2, 0.25) is 0 Å². The van der Waals surface area contributed by atoms with Crippen molar-refractivity contribution in [3.05, 3.63) is 60.0 Å². The fraction of sp³-hybridized carbons (Fsp3) is 0.190. The molecule has 0 aliphatic carbocycles. The van der Waals surface area contributed by atoms with Gasteiger partial charge >= 0.3 is 0 Å². The monoisotopic (exact) mass is 408 g/mol. The molecule has 7 heteroatoms. The van der Waals surface area contributed by atoms with Crippen molar-refractivity contribution >= 4 is 45.2 Å². The van der Waals surface area contributed by atoms with E-state index in [1.807, 2.05) is 60.8 Å². The largest absolute Gasteiger partial charge is 0.319 e. The topological polar surface area (TPSA) is 59.8 Å². The first kappa shape index (κ1) is 18.7. The first-order valence-electron chi connectivity index (χ1n) is 9.09. The quantitative estimate of drug-likeness (QED) is 0.440. The molecule has 0 saturated carbocycles. The zero-order valence-corrected chi connectivity index (χ0v) is 17.3. The van der Waals surface area contributed by atoms with E-state index in [2.05, 4.69) is 32.8 Å². The minimum Gasteiger partial charge on any atom is -0.319 e. The highest BCUT2D eigenvalue weighted by Gasteiger charge is 2.20. The number of amides is 1. The van der Waals surface area contributed by atoms with Gasteiger partial charge in [-0.15, -0.1) is 11.3 Å². The van der Waals surface area contributed by atoms with Gasteiger partial charge in [-0.2, -0.15) is 0 Å². The summed E-state index contributed by atoms with van der Waals surface area (Å²) < 4.78 is 2.14. The Balaban J connectivity index is 1.47. The molecule has 142 valence electrons. The lowest BCUT2D eigenvalue weighted by atomic mass is 10.2. The van der Waals surface area contributed by atoms with E-state index in [0.29, 0.717) is 5.13 Å². The number of carbonyl (C=O) groups excluding carboxylic acids is 1. The molecule has 0 spiro atoms. The SMILES string of the molecule is CCn1c(S[C@H](C)C(=O)Nc2nc(-c3ccccc3)cs2)nc2ccccc21. The molecule has 0 bridgehead atoms. The van der Waals surface area contributed by atoms with E-state index in [1.165, 1.54) is 23.1 Å². The van der Waals surface area contributed by atoms with Crippen LogP contribution in [0.4, 0.5) is 5.13 Å². The molecule has 4 rings (SSSR count). The van der Waals surface area contributed by atoms with E-state index >= 15 is 0 Å². The van der Waals surface area contributed by atoms with Gasteiger partial charge in [0.15, 0.2) is 10.3 Å². The fourth-order valence-corrected chi connectivity index (χ4v) is 4.65. The molecule has 2 aromatic heterocycles. The number of hydrogen-bond acceptors (Lipinski definition) is 5. The molecule has 2 aromatic carbocycles. The summed E-state index contributed by atoms with van der Waals surface area (Å²) in [5, 5.41) is 6.07. The van der Waals surface area contributed by atoms with Gasteiger partial charge in [-0.25, -0.2) is 9.97 Å². The van der Waals surface area contributed by atoms with Crippen molar-refractivity contribution in [1.82, 2.24) is 14.5 Å². The van der Waals surface area contributed by atoms with Gasteiger partial charge in [0.2, 0.25) is 5.91 Å². The van der Waals surface area contributed by atoms with E-state index < -0.39 is 0 Å². The summed E-state index contributed by atoms with van der Waals surface area (Å²) in [4.78, 5) is 21.9. The van der Waals surface area contributed by atoms with Crippen LogP contribution in [0, 0.1) is 0 Å². The average molecular weight is 409 g/mol. The Kier molecular flexibility index (Phi) is 5.45. The van der Waals surface area contributed by atoms with Crippen LogP contribution in [0.3, 0.4) is 0 Å². The molecule has 1 N–H and O–H groups in total. The van der Waals surface area contributed by atoms with E-state index in [1.54, 1.807) is 0 Å². The summed E-state index contributed by atoms with van der Waals surface area (Å²) in [7, 11) is 0. The van der Waals surface area contributed by atoms with Gasteiger partial charge in [-0.05, 0) is 26.0 Å². The lowest BCUT2D eigenvalue weighted by Gasteiger charge is -2.11. The number of hydrogen-bond donors (Lipinski definition) is 1. The van der Waals surface area contributed by atoms with E-state index in [9.17, 15) is 4.79 Å². The smallest absolute Gasteiger partial charge is 0.239 e. The summed E-state index contributed by atoms with van der Waals surface area (Å²) in [5.74, 6) is -0.0753. The molecule has 1 amide bonds. The van der Waals surface area contributed by atoms with Crippen LogP contribution in [0.5, 0.6) is 0 Å². The van der Waals surface area contributed by atoms with Crippen molar-refractivity contribution in [1.29, 1.82) is 0 Å². The predicted octanol–water partition coefficient (Wildman–Crippen LogP) is 5.30. The third-order valence-corrected chi connectivity index (χ3v) is 6.24. The van der Waals surface area contributed by atoms with Crippen LogP contribution in [0.15, 0.2) is 65.1 Å². The van der Waals surface area contributed by atoms with Crippen molar-refractivity contribution in [2.75, 3.05) is 5.32 Å². The number of nitrogens with one attached hydrogen (secondary N) is 1. The zero-order valence-electron chi connectivity index (χ0n) is 15.6. The maximum atomic E-state index is 12.7. The number of thioether (sulfide) groups is 1. The lowest BCUT2D eigenvalue weighted by Crippen LogP contribution is -2.22. The summed E-state index contributed by atoms with van der Waals surface area (Å²) in [6.07, 6.45) is 0. The summed E-state index contributed by atoms with van der Waals surface area (Å²) in [6, 6.07) is 18.0. The van der Waals surface area contributed by atoms with Crippen molar-refractivity contribution in [3.63, 3.8) is 0 Å². The Labute approximate surface area is 171 Å².